The van der Waals surface area contributed by atoms with Crippen molar-refractivity contribution in [2.24, 2.45) is 0 Å². The number of hydrogen-bond acceptors (Lipinski definition) is 2. The Morgan fingerprint density at radius 3 is 2.24 bits per heavy atom. The highest BCUT2D eigenvalue weighted by atomic mass is 19.1. The lowest BCUT2D eigenvalue weighted by Crippen LogP contribution is -2.42. The van der Waals surface area contributed by atoms with E-state index in [-0.39, 0.29) is 17.8 Å². The molecular weight excluding hydrogens is 315 g/mol. The number of hydrogen-bond donors (Lipinski definition) is 1. The predicted molar refractivity (Wildman–Crippen MR) is 105 cm³/mol. The van der Waals surface area contributed by atoms with Crippen molar-refractivity contribution in [3.8, 4) is 0 Å². The van der Waals surface area contributed by atoms with Gasteiger partial charge in [0.2, 0.25) is 5.91 Å². The fourth-order valence-electron chi connectivity index (χ4n) is 3.26. The summed E-state index contributed by atoms with van der Waals surface area (Å²) in [5.41, 5.74) is 2.27. The van der Waals surface area contributed by atoms with Gasteiger partial charge in [0.15, 0.2) is 0 Å². The number of carbonyl (C=O) groups is 1. The zero-order valence-corrected chi connectivity index (χ0v) is 16.6. The molecule has 1 unspecified atom stereocenters. The maximum Gasteiger partial charge on any atom is 0.241 e. The molecule has 1 rings (SSSR count). The Morgan fingerprint density at radius 2 is 1.68 bits per heavy atom. The van der Waals surface area contributed by atoms with Gasteiger partial charge in [-0.05, 0) is 63.5 Å². The van der Waals surface area contributed by atoms with E-state index in [1.54, 1.807) is 0 Å². The molecule has 0 saturated carbocycles. The van der Waals surface area contributed by atoms with Gasteiger partial charge in [-0.3, -0.25) is 9.69 Å². The lowest BCUT2D eigenvalue weighted by molar-refractivity contribution is -0.121. The Hall–Kier alpha value is -1.42. The number of rotatable bonds is 11. The molecule has 0 aliphatic heterocycles. The van der Waals surface area contributed by atoms with E-state index in [0.717, 1.165) is 42.6 Å². The molecule has 1 aromatic rings. The monoisotopic (exact) mass is 350 g/mol. The molecular formula is C21H35FN2O. The molecule has 0 aliphatic rings. The summed E-state index contributed by atoms with van der Waals surface area (Å²) in [5, 5.41) is 3.03. The van der Waals surface area contributed by atoms with E-state index in [1.807, 2.05) is 20.9 Å². The number of carbonyl (C=O) groups excluding carboxylic acids is 1. The molecule has 0 spiro atoms. The van der Waals surface area contributed by atoms with E-state index in [4.69, 9.17) is 0 Å². The molecule has 4 heteroatoms. The van der Waals surface area contributed by atoms with Crippen molar-refractivity contribution in [1.82, 2.24) is 4.90 Å². The second-order valence-electron chi connectivity index (χ2n) is 7.10. The second kappa shape index (κ2) is 11.2. The molecule has 0 heterocycles. The lowest BCUT2D eigenvalue weighted by Gasteiger charge is -2.27. The third-order valence-corrected chi connectivity index (χ3v) is 4.76. The number of likely N-dealkylation sites (N-methyl/N-ethyl adjacent to an activating group) is 1. The third kappa shape index (κ3) is 7.15. The van der Waals surface area contributed by atoms with Crippen molar-refractivity contribution < 1.29 is 9.18 Å². The van der Waals surface area contributed by atoms with Crippen LogP contribution in [0.1, 0.15) is 69.9 Å². The molecule has 1 aromatic carbocycles. The van der Waals surface area contributed by atoms with E-state index >= 15 is 0 Å². The first-order chi connectivity index (χ1) is 11.9. The van der Waals surface area contributed by atoms with Crippen LogP contribution in [0.3, 0.4) is 0 Å². The average molecular weight is 351 g/mol. The zero-order chi connectivity index (χ0) is 18.8. The largest absolute Gasteiger partial charge is 0.324 e. The summed E-state index contributed by atoms with van der Waals surface area (Å²) >= 11 is 0. The minimum atomic E-state index is -0.262. The van der Waals surface area contributed by atoms with Crippen molar-refractivity contribution in [2.75, 3.05) is 18.9 Å². The standard InChI is InChI=1S/C21H35FN2O/c1-6-8-9-10-11-13-24(5)19(12-7-2)21(25)23-20-16(3)14-18(22)15-17(20)4/h14-15,19H,6-13H2,1-5H3,(H,23,25). The maximum absolute atomic E-state index is 13.5. The lowest BCUT2D eigenvalue weighted by atomic mass is 10.1. The van der Waals surface area contributed by atoms with Crippen LogP contribution in [0, 0.1) is 19.7 Å². The van der Waals surface area contributed by atoms with Gasteiger partial charge in [0.05, 0.1) is 6.04 Å². The smallest absolute Gasteiger partial charge is 0.241 e. The molecule has 0 saturated heterocycles. The number of amides is 1. The number of nitrogens with one attached hydrogen (secondary N) is 1. The first-order valence-corrected chi connectivity index (χ1v) is 9.68. The van der Waals surface area contributed by atoms with Crippen molar-refractivity contribution >= 4 is 11.6 Å². The number of halogens is 1. The van der Waals surface area contributed by atoms with Crippen molar-refractivity contribution in [3.05, 3.63) is 29.1 Å². The molecule has 0 aliphatic carbocycles. The maximum atomic E-state index is 13.5. The van der Waals surface area contributed by atoms with E-state index in [0.29, 0.717) is 0 Å². The van der Waals surface area contributed by atoms with Crippen LogP contribution >= 0.6 is 0 Å². The van der Waals surface area contributed by atoms with Crippen LogP contribution in [0.5, 0.6) is 0 Å². The molecule has 1 atom stereocenters. The van der Waals surface area contributed by atoms with Crippen LogP contribution in [0.4, 0.5) is 10.1 Å². The first kappa shape index (κ1) is 21.6. The van der Waals surface area contributed by atoms with Crippen LogP contribution in [0.25, 0.3) is 0 Å². The molecule has 142 valence electrons. The molecule has 0 bridgehead atoms. The Kier molecular flexibility index (Phi) is 9.73. The quantitative estimate of drug-likeness (QED) is 0.538. The zero-order valence-electron chi connectivity index (χ0n) is 16.6. The predicted octanol–water partition coefficient (Wildman–Crippen LogP) is 5.45. The second-order valence-corrected chi connectivity index (χ2v) is 7.10. The average Bonchev–Trinajstić information content (AvgIpc) is 2.55. The summed E-state index contributed by atoms with van der Waals surface area (Å²) in [4.78, 5) is 15.0. The van der Waals surface area contributed by atoms with Gasteiger partial charge in [-0.15, -0.1) is 0 Å². The Balaban J connectivity index is 2.69. The van der Waals surface area contributed by atoms with Gasteiger partial charge < -0.3 is 5.32 Å². The van der Waals surface area contributed by atoms with Gasteiger partial charge in [0.1, 0.15) is 5.82 Å². The SMILES string of the molecule is CCCCCCCN(C)C(CCC)C(=O)Nc1c(C)cc(F)cc1C. The van der Waals surface area contributed by atoms with Crippen molar-refractivity contribution in [1.29, 1.82) is 0 Å². The van der Waals surface area contributed by atoms with Crippen LogP contribution in [-0.2, 0) is 4.79 Å². The van der Waals surface area contributed by atoms with Gasteiger partial charge >= 0.3 is 0 Å². The Bertz CT molecular complexity index is 522. The number of benzene rings is 1. The van der Waals surface area contributed by atoms with Crippen LogP contribution in [0.2, 0.25) is 0 Å². The highest BCUT2D eigenvalue weighted by molar-refractivity contribution is 5.96. The third-order valence-electron chi connectivity index (χ3n) is 4.76. The first-order valence-electron chi connectivity index (χ1n) is 9.68. The summed E-state index contributed by atoms with van der Waals surface area (Å²) in [5.74, 6) is -0.252. The van der Waals surface area contributed by atoms with Gasteiger partial charge in [0.25, 0.3) is 0 Å². The van der Waals surface area contributed by atoms with Crippen LogP contribution in [0.15, 0.2) is 12.1 Å². The fraction of sp³-hybridized carbons (Fsp3) is 0.667. The molecule has 1 N–H and O–H groups in total. The number of aryl methyl sites for hydroxylation is 2. The molecule has 0 fully saturated rings. The molecule has 0 radical (unpaired) electrons. The minimum Gasteiger partial charge on any atom is -0.324 e. The minimum absolute atomic E-state index is 0.00992. The summed E-state index contributed by atoms with van der Waals surface area (Å²) in [6, 6.07) is 2.80. The summed E-state index contributed by atoms with van der Waals surface area (Å²) < 4.78 is 13.5. The van der Waals surface area contributed by atoms with E-state index < -0.39 is 0 Å². The highest BCUT2D eigenvalue weighted by Crippen LogP contribution is 2.22. The highest BCUT2D eigenvalue weighted by Gasteiger charge is 2.23. The number of nitrogens with zero attached hydrogens (tertiary/aromatic N) is 1. The topological polar surface area (TPSA) is 32.3 Å². The van der Waals surface area contributed by atoms with Crippen LogP contribution < -0.4 is 5.32 Å². The van der Waals surface area contributed by atoms with E-state index in [9.17, 15) is 9.18 Å². The van der Waals surface area contributed by atoms with Crippen LogP contribution in [-0.4, -0.2) is 30.4 Å². The normalized spacial score (nSPS) is 12.4. The van der Waals surface area contributed by atoms with Crippen molar-refractivity contribution in [2.45, 2.75) is 78.7 Å². The van der Waals surface area contributed by atoms with Crippen molar-refractivity contribution in [3.63, 3.8) is 0 Å². The van der Waals surface area contributed by atoms with Gasteiger partial charge in [-0.1, -0.05) is 46.0 Å². The Labute approximate surface area is 153 Å². The van der Waals surface area contributed by atoms with E-state index in [1.165, 1.54) is 37.8 Å². The molecule has 25 heavy (non-hydrogen) atoms. The summed E-state index contributed by atoms with van der Waals surface area (Å²) in [7, 11) is 2.03. The van der Waals surface area contributed by atoms with Gasteiger partial charge in [0, 0.05) is 5.69 Å². The number of unbranched alkanes of at least 4 members (excludes halogenated alkanes) is 4. The van der Waals surface area contributed by atoms with E-state index in [2.05, 4.69) is 24.1 Å². The molecule has 1 amide bonds. The summed E-state index contributed by atoms with van der Waals surface area (Å²) in [6.07, 6.45) is 7.92. The number of anilines is 1. The molecule has 0 aromatic heterocycles. The fourth-order valence-corrected chi connectivity index (χ4v) is 3.26. The Morgan fingerprint density at radius 1 is 1.08 bits per heavy atom. The molecule has 3 nitrogen and oxygen atoms in total. The summed E-state index contributed by atoms with van der Waals surface area (Å²) in [6.45, 7) is 8.91. The van der Waals surface area contributed by atoms with Gasteiger partial charge in [-0.2, -0.15) is 0 Å². The van der Waals surface area contributed by atoms with Gasteiger partial charge in [-0.25, -0.2) is 4.39 Å².